The molecule has 114 valence electrons. The molecule has 1 aromatic heterocycles. The van der Waals surface area contributed by atoms with Gasteiger partial charge in [0.15, 0.2) is 0 Å². The van der Waals surface area contributed by atoms with Gasteiger partial charge in [-0.2, -0.15) is 0 Å². The number of nitrogens with zero attached hydrogens (tertiary/aromatic N) is 1. The Labute approximate surface area is 143 Å². The highest BCUT2D eigenvalue weighted by Gasteiger charge is 2.42. The molecule has 0 unspecified atom stereocenters. The maximum absolute atomic E-state index is 12.7. The lowest BCUT2D eigenvalue weighted by molar-refractivity contribution is -0.115. The summed E-state index contributed by atoms with van der Waals surface area (Å²) in [7, 11) is 3.31. The van der Waals surface area contributed by atoms with E-state index < -0.39 is 5.54 Å². The molecule has 2 aromatic rings. The summed E-state index contributed by atoms with van der Waals surface area (Å²) in [5.74, 6) is 0.00701. The normalized spacial score (nSPS) is 15.7. The van der Waals surface area contributed by atoms with Gasteiger partial charge >= 0.3 is 0 Å². The van der Waals surface area contributed by atoms with Crippen LogP contribution >= 0.6 is 32.9 Å². The van der Waals surface area contributed by atoms with Gasteiger partial charge in [-0.1, -0.05) is 50.6 Å². The van der Waals surface area contributed by atoms with E-state index in [4.69, 9.17) is 12.2 Å². The monoisotopic (exact) mass is 347 g/mol. The molecule has 0 saturated heterocycles. The van der Waals surface area contributed by atoms with Crippen molar-refractivity contribution >= 4 is 44.5 Å². The minimum atomic E-state index is -0.396. The molecular weight excluding hydrogens is 330 g/mol. The Bertz CT molecular complexity index is 842. The first-order valence-electron chi connectivity index (χ1n) is 7.09. The molecular formula is C17H17NOS3. The fraction of sp³-hybridized carbons (Fsp3) is 0.294. The number of allylic oxidation sites excluding steroid dienone is 1. The minimum absolute atomic E-state index is 0.00701. The van der Waals surface area contributed by atoms with Crippen LogP contribution in [0.2, 0.25) is 0 Å². The van der Waals surface area contributed by atoms with Gasteiger partial charge in [-0.3, -0.25) is 9.69 Å². The van der Waals surface area contributed by atoms with E-state index in [1.807, 2.05) is 17.9 Å². The Morgan fingerprint density at radius 2 is 2.05 bits per heavy atom. The second-order valence-corrected chi connectivity index (χ2v) is 8.73. The summed E-state index contributed by atoms with van der Waals surface area (Å²) in [6.45, 7) is 8.11. The van der Waals surface area contributed by atoms with E-state index in [0.717, 1.165) is 20.6 Å². The van der Waals surface area contributed by atoms with Gasteiger partial charge in [0.2, 0.25) is 0 Å². The number of fused-ring (bicyclic) bond motifs is 3. The van der Waals surface area contributed by atoms with Crippen molar-refractivity contribution in [2.24, 2.45) is 0 Å². The third-order valence-electron chi connectivity index (χ3n) is 3.94. The van der Waals surface area contributed by atoms with Gasteiger partial charge in [0.25, 0.3) is 5.91 Å². The molecule has 1 aromatic carbocycles. The lowest BCUT2D eigenvalue weighted by Gasteiger charge is -2.42. The summed E-state index contributed by atoms with van der Waals surface area (Å²) in [6.07, 6.45) is 3.42. The zero-order chi connectivity index (χ0) is 16.1. The maximum atomic E-state index is 12.7. The fourth-order valence-electron chi connectivity index (χ4n) is 2.95. The molecule has 0 fully saturated rings. The van der Waals surface area contributed by atoms with Gasteiger partial charge in [0.05, 0.1) is 16.1 Å². The van der Waals surface area contributed by atoms with Crippen molar-refractivity contribution in [2.75, 3.05) is 4.90 Å². The molecule has 0 aliphatic carbocycles. The van der Waals surface area contributed by atoms with Crippen LogP contribution in [0.15, 0.2) is 30.4 Å². The number of hydrogen-bond acceptors (Lipinski definition) is 4. The molecule has 2 heterocycles. The van der Waals surface area contributed by atoms with Crippen LogP contribution in [0.1, 0.15) is 31.2 Å². The molecule has 5 heteroatoms. The lowest BCUT2D eigenvalue weighted by atomic mass is 9.86. The summed E-state index contributed by atoms with van der Waals surface area (Å²) in [5.41, 5.74) is 3.94. The predicted octanol–water partition coefficient (Wildman–Crippen LogP) is 5.67. The van der Waals surface area contributed by atoms with Crippen molar-refractivity contribution in [3.63, 3.8) is 0 Å². The molecule has 0 atom stereocenters. The van der Waals surface area contributed by atoms with Gasteiger partial charge in [0.1, 0.15) is 3.82 Å². The van der Waals surface area contributed by atoms with Crippen LogP contribution in [-0.2, 0) is 10.3 Å². The van der Waals surface area contributed by atoms with E-state index in [9.17, 15) is 4.79 Å². The van der Waals surface area contributed by atoms with E-state index in [2.05, 4.69) is 32.9 Å². The fourth-order valence-corrected chi connectivity index (χ4v) is 6.24. The van der Waals surface area contributed by atoms with Crippen LogP contribution in [0.4, 0.5) is 5.69 Å². The average molecular weight is 348 g/mol. The molecule has 0 saturated carbocycles. The van der Waals surface area contributed by atoms with E-state index in [1.54, 1.807) is 32.8 Å². The Morgan fingerprint density at radius 1 is 1.32 bits per heavy atom. The topological polar surface area (TPSA) is 20.3 Å². The van der Waals surface area contributed by atoms with Gasteiger partial charge in [-0.05, 0) is 45.9 Å². The Balaban J connectivity index is 2.37. The van der Waals surface area contributed by atoms with Crippen LogP contribution in [0, 0.1) is 10.7 Å². The highest BCUT2D eigenvalue weighted by molar-refractivity contribution is 7.80. The van der Waals surface area contributed by atoms with Crippen molar-refractivity contribution < 1.29 is 4.79 Å². The number of rotatable bonds is 1. The van der Waals surface area contributed by atoms with Crippen LogP contribution in [0.3, 0.4) is 0 Å². The predicted molar refractivity (Wildman–Crippen MR) is 98.5 cm³/mol. The largest absolute Gasteiger partial charge is 0.298 e. The first kappa shape index (κ1) is 15.6. The molecule has 2 nitrogen and oxygen atoms in total. The molecule has 22 heavy (non-hydrogen) atoms. The molecule has 0 radical (unpaired) electrons. The number of amides is 1. The summed E-state index contributed by atoms with van der Waals surface area (Å²) in [4.78, 5) is 15.8. The van der Waals surface area contributed by atoms with Gasteiger partial charge < -0.3 is 0 Å². The van der Waals surface area contributed by atoms with E-state index in [-0.39, 0.29) is 5.91 Å². The van der Waals surface area contributed by atoms with Crippen molar-refractivity contribution in [3.8, 4) is 11.1 Å². The quantitative estimate of drug-likeness (QED) is 0.376. The molecule has 0 bridgehead atoms. The second kappa shape index (κ2) is 5.41. The van der Waals surface area contributed by atoms with Crippen LogP contribution in [0.25, 0.3) is 11.1 Å². The average Bonchev–Trinajstić information content (AvgIpc) is 2.83. The number of aryl methyl sites for hydroxylation is 1. The first-order valence-corrected chi connectivity index (χ1v) is 9.65. The van der Waals surface area contributed by atoms with Crippen molar-refractivity contribution in [3.05, 3.63) is 44.6 Å². The summed E-state index contributed by atoms with van der Waals surface area (Å²) >= 11 is 5.56. The number of carbonyl (C=O) groups is 1. The third kappa shape index (κ3) is 2.19. The van der Waals surface area contributed by atoms with E-state index >= 15 is 0 Å². The summed E-state index contributed by atoms with van der Waals surface area (Å²) in [6, 6.07) is 6.22. The Kier molecular flexibility index (Phi) is 3.83. The van der Waals surface area contributed by atoms with E-state index in [1.165, 1.54) is 10.4 Å². The van der Waals surface area contributed by atoms with Crippen LogP contribution < -0.4 is 4.90 Å². The highest BCUT2D eigenvalue weighted by atomic mass is 32.9. The second-order valence-electron chi connectivity index (χ2n) is 5.91. The molecule has 1 aliphatic rings. The van der Waals surface area contributed by atoms with Gasteiger partial charge in [-0.15, -0.1) is 0 Å². The SMILES string of the molecule is C/C=C/C(=O)N1c2ccc(C)cc2-c2c(ssc2=S)C1(C)C. The highest BCUT2D eigenvalue weighted by Crippen LogP contribution is 2.52. The molecule has 0 N–H and O–H groups in total. The molecule has 0 spiro atoms. The Hall–Kier alpha value is -1.30. The number of anilines is 1. The summed E-state index contributed by atoms with van der Waals surface area (Å²) in [5, 5.41) is 0. The minimum Gasteiger partial charge on any atom is -0.298 e. The molecule has 1 aliphatic heterocycles. The molecule has 3 rings (SSSR count). The van der Waals surface area contributed by atoms with Gasteiger partial charge in [-0.25, -0.2) is 0 Å². The third-order valence-corrected chi connectivity index (χ3v) is 7.27. The lowest BCUT2D eigenvalue weighted by Crippen LogP contribution is -2.47. The number of hydrogen-bond donors (Lipinski definition) is 0. The maximum Gasteiger partial charge on any atom is 0.251 e. The zero-order valence-electron chi connectivity index (χ0n) is 13.0. The van der Waals surface area contributed by atoms with Crippen molar-refractivity contribution in [1.82, 2.24) is 0 Å². The van der Waals surface area contributed by atoms with E-state index in [0.29, 0.717) is 0 Å². The molecule has 1 amide bonds. The van der Waals surface area contributed by atoms with Crippen LogP contribution in [-0.4, -0.2) is 5.91 Å². The zero-order valence-corrected chi connectivity index (χ0v) is 15.4. The van der Waals surface area contributed by atoms with Gasteiger partial charge in [0, 0.05) is 11.1 Å². The van der Waals surface area contributed by atoms with Crippen LogP contribution in [0.5, 0.6) is 0 Å². The summed E-state index contributed by atoms with van der Waals surface area (Å²) < 4.78 is 0.915. The van der Waals surface area contributed by atoms with Crippen molar-refractivity contribution in [1.29, 1.82) is 0 Å². The van der Waals surface area contributed by atoms with Crippen molar-refractivity contribution in [2.45, 2.75) is 33.2 Å². The Morgan fingerprint density at radius 3 is 2.73 bits per heavy atom. The number of carbonyl (C=O) groups excluding carboxylic acids is 1. The number of benzene rings is 1. The standard InChI is InChI=1S/C17H17NOS3/c1-5-6-13(19)18-12-8-7-10(2)9-11(12)14-15(17(18,3)4)21-22-16(14)20/h5-9H,1-4H3/b6-5+. The first-order chi connectivity index (χ1) is 10.4. The smallest absolute Gasteiger partial charge is 0.251 e.